The van der Waals surface area contributed by atoms with Crippen LogP contribution in [0.5, 0.6) is 5.75 Å². The molecule has 0 N–H and O–H groups in total. The van der Waals surface area contributed by atoms with E-state index in [0.29, 0.717) is 0 Å². The number of Topliss-reactive ketones (excluding diaryl/α,β-unsaturated/α-hetero) is 1. The van der Waals surface area contributed by atoms with Gasteiger partial charge in [-0.1, -0.05) is 26.7 Å². The summed E-state index contributed by atoms with van der Waals surface area (Å²) in [5.41, 5.74) is 0.805. The molecule has 0 spiro atoms. The third-order valence-electron chi connectivity index (χ3n) is 3.28. The number of hydrogen-bond acceptors (Lipinski definition) is 2. The zero-order valence-electron chi connectivity index (χ0n) is 12.6. The van der Waals surface area contributed by atoms with E-state index in [1.165, 1.54) is 0 Å². The van der Waals surface area contributed by atoms with E-state index in [2.05, 4.69) is 13.8 Å². The van der Waals surface area contributed by atoms with Crippen molar-refractivity contribution in [2.45, 2.75) is 59.5 Å². The highest BCUT2D eigenvalue weighted by Crippen LogP contribution is 2.21. The summed E-state index contributed by atoms with van der Waals surface area (Å²) < 4.78 is 5.59. The van der Waals surface area contributed by atoms with Crippen LogP contribution in [0.4, 0.5) is 0 Å². The molecule has 1 aromatic carbocycles. The molecule has 19 heavy (non-hydrogen) atoms. The number of ether oxygens (including phenoxy) is 1. The van der Waals surface area contributed by atoms with Crippen LogP contribution in [0.15, 0.2) is 24.3 Å². The van der Waals surface area contributed by atoms with Crippen molar-refractivity contribution in [1.82, 2.24) is 0 Å². The highest BCUT2D eigenvalue weighted by atomic mass is 16.5. The predicted octanol–water partition coefficient (Wildman–Crippen LogP) is 4.87. The second-order valence-electron chi connectivity index (χ2n) is 5.30. The summed E-state index contributed by atoms with van der Waals surface area (Å²) >= 11 is 0. The van der Waals surface area contributed by atoms with E-state index in [4.69, 9.17) is 4.74 Å². The molecule has 106 valence electrons. The van der Waals surface area contributed by atoms with Gasteiger partial charge < -0.3 is 4.74 Å². The first-order valence-electron chi connectivity index (χ1n) is 7.39. The molecule has 0 bridgehead atoms. The molecule has 2 nitrogen and oxygen atoms in total. The lowest BCUT2D eigenvalue weighted by molar-refractivity contribution is 0.0908. The molecule has 0 saturated heterocycles. The minimum atomic E-state index is 0.162. The van der Waals surface area contributed by atoms with Crippen LogP contribution in [0, 0.1) is 5.92 Å². The van der Waals surface area contributed by atoms with Crippen molar-refractivity contribution in [3.63, 3.8) is 0 Å². The maximum atomic E-state index is 12.4. The SMILES string of the molecule is CCCCC(CC)C(=O)c1ccc(OC(C)C)cc1. The highest BCUT2D eigenvalue weighted by molar-refractivity contribution is 5.97. The van der Waals surface area contributed by atoms with Crippen LogP contribution < -0.4 is 4.74 Å². The Hall–Kier alpha value is -1.31. The minimum absolute atomic E-state index is 0.162. The molecule has 0 aromatic heterocycles. The van der Waals surface area contributed by atoms with Gasteiger partial charge in [-0.15, -0.1) is 0 Å². The van der Waals surface area contributed by atoms with Crippen molar-refractivity contribution in [2.75, 3.05) is 0 Å². The minimum Gasteiger partial charge on any atom is -0.491 e. The zero-order valence-corrected chi connectivity index (χ0v) is 12.6. The van der Waals surface area contributed by atoms with Gasteiger partial charge >= 0.3 is 0 Å². The molecule has 0 saturated carbocycles. The Bertz CT molecular complexity index is 379. The second kappa shape index (κ2) is 7.98. The summed E-state index contributed by atoms with van der Waals surface area (Å²) in [4.78, 5) is 12.4. The third-order valence-corrected chi connectivity index (χ3v) is 3.28. The van der Waals surface area contributed by atoms with E-state index in [9.17, 15) is 4.79 Å². The average Bonchev–Trinajstić information content (AvgIpc) is 2.39. The Morgan fingerprint density at radius 2 is 1.79 bits per heavy atom. The van der Waals surface area contributed by atoms with E-state index < -0.39 is 0 Å². The Morgan fingerprint density at radius 3 is 2.26 bits per heavy atom. The molecule has 1 unspecified atom stereocenters. The topological polar surface area (TPSA) is 26.3 Å². The van der Waals surface area contributed by atoms with Gasteiger partial charge in [-0.25, -0.2) is 0 Å². The normalized spacial score (nSPS) is 12.5. The molecule has 0 aliphatic rings. The summed E-state index contributed by atoms with van der Waals surface area (Å²) in [5, 5.41) is 0. The predicted molar refractivity (Wildman–Crippen MR) is 79.8 cm³/mol. The Labute approximate surface area is 117 Å². The lowest BCUT2D eigenvalue weighted by atomic mass is 9.90. The van der Waals surface area contributed by atoms with Crippen molar-refractivity contribution in [2.24, 2.45) is 5.92 Å². The van der Waals surface area contributed by atoms with E-state index in [1.807, 2.05) is 38.1 Å². The molecule has 0 aliphatic carbocycles. The van der Waals surface area contributed by atoms with Gasteiger partial charge in [-0.2, -0.15) is 0 Å². The van der Waals surface area contributed by atoms with Gasteiger partial charge in [0, 0.05) is 11.5 Å². The first-order valence-corrected chi connectivity index (χ1v) is 7.39. The van der Waals surface area contributed by atoms with E-state index in [1.54, 1.807) is 0 Å². The smallest absolute Gasteiger partial charge is 0.165 e. The molecular weight excluding hydrogens is 236 g/mol. The van der Waals surface area contributed by atoms with Gasteiger partial charge in [0.2, 0.25) is 0 Å². The fourth-order valence-electron chi connectivity index (χ4n) is 2.18. The van der Waals surface area contributed by atoms with Crippen LogP contribution >= 0.6 is 0 Å². The van der Waals surface area contributed by atoms with Crippen molar-refractivity contribution >= 4 is 5.78 Å². The van der Waals surface area contributed by atoms with Crippen LogP contribution in [0.3, 0.4) is 0 Å². The zero-order chi connectivity index (χ0) is 14.3. The number of benzene rings is 1. The van der Waals surface area contributed by atoms with Gasteiger partial charge in [0.05, 0.1) is 6.10 Å². The third kappa shape index (κ3) is 5.06. The quantitative estimate of drug-likeness (QED) is 0.624. The number of ketones is 1. The molecule has 2 heteroatoms. The van der Waals surface area contributed by atoms with Crippen LogP contribution in [-0.2, 0) is 0 Å². The van der Waals surface area contributed by atoms with Crippen molar-refractivity contribution < 1.29 is 9.53 Å². The van der Waals surface area contributed by atoms with Crippen LogP contribution in [0.2, 0.25) is 0 Å². The van der Waals surface area contributed by atoms with Crippen molar-refractivity contribution in [3.05, 3.63) is 29.8 Å². The summed E-state index contributed by atoms with van der Waals surface area (Å²) in [6, 6.07) is 7.54. The number of carbonyl (C=O) groups is 1. The molecule has 0 heterocycles. The van der Waals surface area contributed by atoms with Gasteiger partial charge in [-0.05, 0) is 51.0 Å². The lowest BCUT2D eigenvalue weighted by Gasteiger charge is -2.14. The van der Waals surface area contributed by atoms with Crippen LogP contribution in [0.1, 0.15) is 63.7 Å². The second-order valence-corrected chi connectivity index (χ2v) is 5.30. The van der Waals surface area contributed by atoms with Crippen molar-refractivity contribution in [3.8, 4) is 5.75 Å². The van der Waals surface area contributed by atoms with Crippen molar-refractivity contribution in [1.29, 1.82) is 0 Å². The summed E-state index contributed by atoms with van der Waals surface area (Å²) in [6.07, 6.45) is 4.34. The molecule has 0 amide bonds. The average molecular weight is 262 g/mol. The summed E-state index contributed by atoms with van der Waals surface area (Å²) in [6.45, 7) is 8.25. The summed E-state index contributed by atoms with van der Waals surface area (Å²) in [7, 11) is 0. The van der Waals surface area contributed by atoms with Crippen LogP contribution in [-0.4, -0.2) is 11.9 Å². The maximum Gasteiger partial charge on any atom is 0.165 e. The molecular formula is C17H26O2. The Morgan fingerprint density at radius 1 is 1.16 bits per heavy atom. The lowest BCUT2D eigenvalue weighted by Crippen LogP contribution is -2.14. The Balaban J connectivity index is 2.70. The molecule has 0 radical (unpaired) electrons. The Kier molecular flexibility index (Phi) is 6.61. The maximum absolute atomic E-state index is 12.4. The van der Waals surface area contributed by atoms with E-state index >= 15 is 0 Å². The van der Waals surface area contributed by atoms with Gasteiger partial charge in [-0.3, -0.25) is 4.79 Å². The largest absolute Gasteiger partial charge is 0.491 e. The van der Waals surface area contributed by atoms with Crippen LogP contribution in [0.25, 0.3) is 0 Å². The molecule has 0 fully saturated rings. The molecule has 1 rings (SSSR count). The van der Waals surface area contributed by atoms with Gasteiger partial charge in [0.15, 0.2) is 5.78 Å². The standard InChI is InChI=1S/C17H26O2/c1-5-7-8-14(6-2)17(18)15-9-11-16(12-10-15)19-13(3)4/h9-14H,5-8H2,1-4H3. The van der Waals surface area contributed by atoms with E-state index in [-0.39, 0.29) is 17.8 Å². The fourth-order valence-corrected chi connectivity index (χ4v) is 2.18. The summed E-state index contributed by atoms with van der Waals surface area (Å²) in [5.74, 6) is 1.26. The number of rotatable bonds is 8. The first kappa shape index (κ1) is 15.7. The highest BCUT2D eigenvalue weighted by Gasteiger charge is 2.17. The number of hydrogen-bond donors (Lipinski definition) is 0. The monoisotopic (exact) mass is 262 g/mol. The van der Waals surface area contributed by atoms with Gasteiger partial charge in [0.25, 0.3) is 0 Å². The fraction of sp³-hybridized carbons (Fsp3) is 0.588. The molecule has 0 aliphatic heterocycles. The number of unbranched alkanes of at least 4 members (excludes halogenated alkanes) is 1. The first-order chi connectivity index (χ1) is 9.08. The molecule has 1 atom stereocenters. The van der Waals surface area contributed by atoms with E-state index in [0.717, 1.165) is 37.0 Å². The van der Waals surface area contributed by atoms with Gasteiger partial charge in [0.1, 0.15) is 5.75 Å². The molecule has 1 aromatic rings. The number of carbonyl (C=O) groups excluding carboxylic acids is 1.